The Balaban J connectivity index is 2.19. The molecule has 0 spiro atoms. The van der Waals surface area contributed by atoms with Crippen LogP contribution in [0.1, 0.15) is 35.3 Å². The number of aryl methyl sites for hydroxylation is 2. The van der Waals surface area contributed by atoms with Crippen molar-refractivity contribution in [1.29, 1.82) is 0 Å². The molecule has 0 radical (unpaired) electrons. The molecular formula is C19H19NO. The van der Waals surface area contributed by atoms with Crippen molar-refractivity contribution < 1.29 is 4.79 Å². The molecule has 3 aromatic rings. The van der Waals surface area contributed by atoms with Gasteiger partial charge in [-0.3, -0.25) is 4.79 Å². The maximum Gasteiger partial charge on any atom is 0.152 e. The van der Waals surface area contributed by atoms with Gasteiger partial charge in [-0.05, 0) is 41.7 Å². The van der Waals surface area contributed by atoms with Gasteiger partial charge in [0, 0.05) is 16.5 Å². The lowest BCUT2D eigenvalue weighted by Gasteiger charge is -2.02. The van der Waals surface area contributed by atoms with Crippen molar-refractivity contribution in [3.63, 3.8) is 0 Å². The normalized spacial score (nSPS) is 11.0. The van der Waals surface area contributed by atoms with E-state index in [1.807, 2.05) is 0 Å². The van der Waals surface area contributed by atoms with E-state index in [0.717, 1.165) is 46.9 Å². The highest BCUT2D eigenvalue weighted by Gasteiger charge is 2.12. The fourth-order valence-electron chi connectivity index (χ4n) is 2.74. The van der Waals surface area contributed by atoms with Gasteiger partial charge in [0.1, 0.15) is 0 Å². The first kappa shape index (κ1) is 13.6. The molecule has 0 bridgehead atoms. The Labute approximate surface area is 124 Å². The summed E-state index contributed by atoms with van der Waals surface area (Å²) < 4.78 is 0. The molecule has 21 heavy (non-hydrogen) atoms. The van der Waals surface area contributed by atoms with Gasteiger partial charge in [0.2, 0.25) is 0 Å². The molecule has 2 aromatic carbocycles. The molecule has 0 unspecified atom stereocenters. The van der Waals surface area contributed by atoms with Crippen molar-refractivity contribution in [3.05, 3.63) is 59.2 Å². The van der Waals surface area contributed by atoms with Crippen molar-refractivity contribution in [3.8, 4) is 11.3 Å². The van der Waals surface area contributed by atoms with Gasteiger partial charge in [-0.25, -0.2) is 0 Å². The number of aromatic amines is 1. The summed E-state index contributed by atoms with van der Waals surface area (Å²) in [5.41, 5.74) is 6.29. The predicted molar refractivity (Wildman–Crippen MR) is 87.9 cm³/mol. The zero-order chi connectivity index (χ0) is 14.8. The van der Waals surface area contributed by atoms with Crippen LogP contribution >= 0.6 is 0 Å². The molecule has 0 saturated carbocycles. The van der Waals surface area contributed by atoms with Gasteiger partial charge in [0.25, 0.3) is 0 Å². The third-order valence-corrected chi connectivity index (χ3v) is 4.08. The lowest BCUT2D eigenvalue weighted by Crippen LogP contribution is -1.86. The zero-order valence-electron chi connectivity index (χ0n) is 12.4. The molecule has 2 nitrogen and oxygen atoms in total. The van der Waals surface area contributed by atoms with Crippen LogP contribution in [0.2, 0.25) is 0 Å². The number of H-pyrrole nitrogens is 1. The maximum absolute atomic E-state index is 11.6. The van der Waals surface area contributed by atoms with E-state index in [0.29, 0.717) is 0 Å². The third kappa shape index (κ3) is 2.38. The average molecular weight is 277 g/mol. The van der Waals surface area contributed by atoms with Gasteiger partial charge in [-0.2, -0.15) is 0 Å². The molecule has 2 heteroatoms. The van der Waals surface area contributed by atoms with Crippen molar-refractivity contribution >= 4 is 17.2 Å². The number of aldehydes is 1. The Kier molecular flexibility index (Phi) is 3.61. The molecule has 106 valence electrons. The number of aromatic nitrogens is 1. The molecule has 0 amide bonds. The van der Waals surface area contributed by atoms with E-state index < -0.39 is 0 Å². The lowest BCUT2D eigenvalue weighted by molar-refractivity contribution is 0.112. The van der Waals surface area contributed by atoms with E-state index in [1.54, 1.807) is 0 Å². The summed E-state index contributed by atoms with van der Waals surface area (Å²) in [6.45, 7) is 4.26. The molecule has 1 heterocycles. The lowest BCUT2D eigenvalue weighted by atomic mass is 10.0. The number of nitrogens with one attached hydrogen (secondary N) is 1. The van der Waals surface area contributed by atoms with E-state index in [1.165, 1.54) is 11.1 Å². The zero-order valence-corrected chi connectivity index (χ0v) is 12.4. The summed E-state index contributed by atoms with van der Waals surface area (Å²) in [6, 6.07) is 14.7. The van der Waals surface area contributed by atoms with Gasteiger partial charge in [0.15, 0.2) is 6.29 Å². The summed E-state index contributed by atoms with van der Waals surface area (Å²) in [7, 11) is 0. The summed E-state index contributed by atoms with van der Waals surface area (Å²) in [5, 5.41) is 1.01. The number of hydrogen-bond acceptors (Lipinski definition) is 1. The van der Waals surface area contributed by atoms with Crippen LogP contribution < -0.4 is 0 Å². The molecule has 0 aliphatic carbocycles. The fraction of sp³-hybridized carbons (Fsp3) is 0.211. The van der Waals surface area contributed by atoms with Crippen LogP contribution in [-0.4, -0.2) is 11.3 Å². The first-order chi connectivity index (χ1) is 10.3. The van der Waals surface area contributed by atoms with Crippen LogP contribution in [0.4, 0.5) is 0 Å². The number of fused-ring (bicyclic) bond motifs is 1. The molecule has 3 rings (SSSR count). The van der Waals surface area contributed by atoms with E-state index in [4.69, 9.17) is 0 Å². The minimum atomic E-state index is 0.754. The second kappa shape index (κ2) is 5.57. The average Bonchev–Trinajstić information content (AvgIpc) is 2.92. The van der Waals surface area contributed by atoms with Gasteiger partial charge in [-0.15, -0.1) is 0 Å². The van der Waals surface area contributed by atoms with Crippen LogP contribution in [0.3, 0.4) is 0 Å². The quantitative estimate of drug-likeness (QED) is 0.684. The predicted octanol–water partition coefficient (Wildman–Crippen LogP) is 4.77. The summed E-state index contributed by atoms with van der Waals surface area (Å²) in [6.07, 6.45) is 2.95. The molecule has 0 saturated heterocycles. The molecule has 0 aliphatic rings. The van der Waals surface area contributed by atoms with Crippen molar-refractivity contribution in [2.75, 3.05) is 0 Å². The summed E-state index contributed by atoms with van der Waals surface area (Å²) in [5.74, 6) is 0. The molecule has 1 aromatic heterocycles. The van der Waals surface area contributed by atoms with Gasteiger partial charge < -0.3 is 4.98 Å². The standard InChI is InChI=1S/C19H19NO/c1-3-13-5-8-15(9-6-13)19-17(12-21)16-11-14(4-2)7-10-18(16)20-19/h5-12,20H,3-4H2,1-2H3. The second-order valence-corrected chi connectivity index (χ2v) is 5.32. The van der Waals surface area contributed by atoms with Gasteiger partial charge in [0.05, 0.1) is 5.69 Å². The topological polar surface area (TPSA) is 32.9 Å². The Morgan fingerprint density at radius 2 is 1.62 bits per heavy atom. The monoisotopic (exact) mass is 277 g/mol. The molecule has 0 aliphatic heterocycles. The highest BCUT2D eigenvalue weighted by Crippen LogP contribution is 2.30. The highest BCUT2D eigenvalue weighted by atomic mass is 16.1. The Morgan fingerprint density at radius 1 is 0.952 bits per heavy atom. The minimum Gasteiger partial charge on any atom is -0.354 e. The van der Waals surface area contributed by atoms with Crippen molar-refractivity contribution in [1.82, 2.24) is 4.98 Å². The molecule has 0 fully saturated rings. The third-order valence-electron chi connectivity index (χ3n) is 4.08. The number of benzene rings is 2. The van der Waals surface area contributed by atoms with Gasteiger partial charge >= 0.3 is 0 Å². The highest BCUT2D eigenvalue weighted by molar-refractivity contribution is 6.04. The van der Waals surface area contributed by atoms with Crippen LogP contribution in [0.15, 0.2) is 42.5 Å². The van der Waals surface area contributed by atoms with Crippen LogP contribution in [0.5, 0.6) is 0 Å². The number of carbonyl (C=O) groups is 1. The summed E-state index contributed by atoms with van der Waals surface area (Å²) in [4.78, 5) is 15.0. The number of rotatable bonds is 4. The van der Waals surface area contributed by atoms with E-state index in [9.17, 15) is 4.79 Å². The SMILES string of the molecule is CCc1ccc(-c2[nH]c3ccc(CC)cc3c2C=O)cc1. The van der Waals surface area contributed by atoms with Crippen molar-refractivity contribution in [2.45, 2.75) is 26.7 Å². The number of carbonyl (C=O) groups excluding carboxylic acids is 1. The summed E-state index contributed by atoms with van der Waals surface area (Å²) >= 11 is 0. The Hall–Kier alpha value is -2.35. The van der Waals surface area contributed by atoms with Crippen molar-refractivity contribution in [2.24, 2.45) is 0 Å². The Bertz CT molecular complexity index is 781. The Morgan fingerprint density at radius 3 is 2.24 bits per heavy atom. The first-order valence-electron chi connectivity index (χ1n) is 7.46. The maximum atomic E-state index is 11.6. The van der Waals surface area contributed by atoms with Gasteiger partial charge in [-0.1, -0.05) is 44.2 Å². The molecule has 0 atom stereocenters. The van der Waals surface area contributed by atoms with Crippen LogP contribution in [0.25, 0.3) is 22.2 Å². The van der Waals surface area contributed by atoms with E-state index in [-0.39, 0.29) is 0 Å². The second-order valence-electron chi connectivity index (χ2n) is 5.32. The number of hydrogen-bond donors (Lipinski definition) is 1. The van der Waals surface area contributed by atoms with Crippen LogP contribution in [-0.2, 0) is 12.8 Å². The first-order valence-corrected chi connectivity index (χ1v) is 7.46. The molecular weight excluding hydrogens is 258 g/mol. The molecule has 1 N–H and O–H groups in total. The van der Waals surface area contributed by atoms with E-state index in [2.05, 4.69) is 61.3 Å². The van der Waals surface area contributed by atoms with Crippen LogP contribution in [0, 0.1) is 0 Å². The smallest absolute Gasteiger partial charge is 0.152 e. The van der Waals surface area contributed by atoms with E-state index >= 15 is 0 Å². The largest absolute Gasteiger partial charge is 0.354 e. The minimum absolute atomic E-state index is 0.754. The fourth-order valence-corrected chi connectivity index (χ4v) is 2.74.